The van der Waals surface area contributed by atoms with E-state index in [1.54, 1.807) is 11.3 Å². The van der Waals surface area contributed by atoms with Crippen molar-refractivity contribution < 1.29 is 4.79 Å². The van der Waals surface area contributed by atoms with E-state index in [9.17, 15) is 4.79 Å². The van der Waals surface area contributed by atoms with Gasteiger partial charge in [-0.1, -0.05) is 45.9 Å². The average molecular weight is 356 g/mol. The number of carbonyl (C=O) groups is 1. The smallest absolute Gasteiger partial charge is 0.256 e. The van der Waals surface area contributed by atoms with Crippen molar-refractivity contribution in [3.63, 3.8) is 0 Å². The van der Waals surface area contributed by atoms with E-state index in [0.717, 1.165) is 36.1 Å². The van der Waals surface area contributed by atoms with Crippen LogP contribution in [-0.4, -0.2) is 5.91 Å². The van der Waals surface area contributed by atoms with Gasteiger partial charge in [-0.05, 0) is 60.6 Å². The van der Waals surface area contributed by atoms with Gasteiger partial charge in [-0.15, -0.1) is 11.3 Å². The summed E-state index contributed by atoms with van der Waals surface area (Å²) in [5, 5.41) is 5.26. The van der Waals surface area contributed by atoms with Crippen molar-refractivity contribution in [3.05, 3.63) is 50.7 Å². The molecule has 2 nitrogen and oxygen atoms in total. The van der Waals surface area contributed by atoms with Crippen molar-refractivity contribution >= 4 is 22.9 Å². The van der Waals surface area contributed by atoms with Gasteiger partial charge in [0.1, 0.15) is 0 Å². The quantitative estimate of drug-likeness (QED) is 0.716. The van der Waals surface area contributed by atoms with Crippen LogP contribution in [-0.2, 0) is 19.3 Å². The third-order valence-corrected chi connectivity index (χ3v) is 6.65. The van der Waals surface area contributed by atoms with Crippen molar-refractivity contribution in [1.29, 1.82) is 0 Å². The number of thiophene rings is 1. The third-order valence-electron chi connectivity index (χ3n) is 5.60. The Balaban J connectivity index is 1.83. The van der Waals surface area contributed by atoms with Crippen molar-refractivity contribution in [1.82, 2.24) is 0 Å². The Morgan fingerprint density at radius 2 is 2.08 bits per heavy atom. The molecule has 3 rings (SSSR count). The molecule has 1 N–H and O–H groups in total. The summed E-state index contributed by atoms with van der Waals surface area (Å²) in [6.45, 7) is 11.2. The lowest BCUT2D eigenvalue weighted by Gasteiger charge is -2.34. The van der Waals surface area contributed by atoms with Crippen LogP contribution in [0, 0.1) is 18.3 Å². The molecule has 1 heterocycles. The summed E-state index contributed by atoms with van der Waals surface area (Å²) in [6.07, 6.45) is 4.24. The predicted octanol–water partition coefficient (Wildman–Crippen LogP) is 6.02. The standard InChI is InChI=1S/C22H29NOS/c1-6-15-9-7-8-14(2)20(15)23-21(24)18-13-25-19-12-16(22(3,4)5)10-11-17(18)19/h7-9,13,16H,6,10-12H2,1-5H3,(H,23,24). The van der Waals surface area contributed by atoms with Crippen LogP contribution in [0.15, 0.2) is 23.6 Å². The number of anilines is 1. The topological polar surface area (TPSA) is 29.1 Å². The molecular weight excluding hydrogens is 326 g/mol. The number of aryl methyl sites for hydroxylation is 2. The maximum absolute atomic E-state index is 12.9. The summed E-state index contributed by atoms with van der Waals surface area (Å²) >= 11 is 1.76. The highest BCUT2D eigenvalue weighted by atomic mass is 32.1. The van der Waals surface area contributed by atoms with E-state index in [2.05, 4.69) is 63.5 Å². The Kier molecular flexibility index (Phi) is 5.06. The Bertz CT molecular complexity index is 782. The van der Waals surface area contributed by atoms with E-state index in [0.29, 0.717) is 11.3 Å². The van der Waals surface area contributed by atoms with Crippen LogP contribution >= 0.6 is 11.3 Å². The van der Waals surface area contributed by atoms with Crippen LogP contribution in [0.2, 0.25) is 0 Å². The van der Waals surface area contributed by atoms with Gasteiger partial charge in [-0.2, -0.15) is 0 Å². The zero-order chi connectivity index (χ0) is 18.2. The van der Waals surface area contributed by atoms with Crippen molar-refractivity contribution in [2.45, 2.75) is 60.3 Å². The molecule has 3 heteroatoms. The first-order valence-electron chi connectivity index (χ1n) is 9.30. The van der Waals surface area contributed by atoms with Crippen molar-refractivity contribution in [2.24, 2.45) is 11.3 Å². The second-order valence-electron chi connectivity index (χ2n) is 8.27. The first-order chi connectivity index (χ1) is 11.8. The van der Waals surface area contributed by atoms with E-state index >= 15 is 0 Å². The number of fused-ring (bicyclic) bond motifs is 1. The number of hydrogen-bond donors (Lipinski definition) is 1. The van der Waals surface area contributed by atoms with Crippen molar-refractivity contribution in [3.8, 4) is 0 Å². The molecule has 1 atom stereocenters. The van der Waals surface area contributed by atoms with Crippen LogP contribution in [0.1, 0.15) is 66.0 Å². The fourth-order valence-electron chi connectivity index (χ4n) is 3.82. The number of amides is 1. The number of carbonyl (C=O) groups excluding carboxylic acids is 1. The molecule has 1 aliphatic rings. The Morgan fingerprint density at radius 1 is 1.32 bits per heavy atom. The van der Waals surface area contributed by atoms with Crippen LogP contribution in [0.3, 0.4) is 0 Å². The summed E-state index contributed by atoms with van der Waals surface area (Å²) in [6, 6.07) is 6.22. The van der Waals surface area contributed by atoms with E-state index < -0.39 is 0 Å². The second kappa shape index (κ2) is 6.95. The number of hydrogen-bond acceptors (Lipinski definition) is 2. The fourth-order valence-corrected chi connectivity index (χ4v) is 4.99. The van der Waals surface area contributed by atoms with Gasteiger partial charge in [0.15, 0.2) is 0 Å². The lowest BCUT2D eigenvalue weighted by Crippen LogP contribution is -2.27. The molecule has 1 aliphatic carbocycles. The minimum absolute atomic E-state index is 0.0516. The van der Waals surface area contributed by atoms with Crippen LogP contribution in [0.5, 0.6) is 0 Å². The molecule has 1 unspecified atom stereocenters. The van der Waals surface area contributed by atoms with Crippen LogP contribution < -0.4 is 5.32 Å². The predicted molar refractivity (Wildman–Crippen MR) is 108 cm³/mol. The Labute approximate surface area is 155 Å². The Morgan fingerprint density at radius 3 is 2.76 bits per heavy atom. The first-order valence-corrected chi connectivity index (χ1v) is 10.2. The molecule has 0 radical (unpaired) electrons. The van der Waals surface area contributed by atoms with Gasteiger partial charge in [0, 0.05) is 15.9 Å². The molecule has 134 valence electrons. The monoisotopic (exact) mass is 355 g/mol. The number of benzene rings is 1. The molecule has 0 bridgehead atoms. The second-order valence-corrected chi connectivity index (χ2v) is 9.24. The number of rotatable bonds is 3. The van der Waals surface area contributed by atoms with Gasteiger partial charge >= 0.3 is 0 Å². The molecule has 2 aromatic rings. The van der Waals surface area contributed by atoms with E-state index in [-0.39, 0.29) is 5.91 Å². The Hall–Kier alpha value is -1.61. The minimum Gasteiger partial charge on any atom is -0.321 e. The molecule has 1 aromatic heterocycles. The largest absolute Gasteiger partial charge is 0.321 e. The van der Waals surface area contributed by atoms with E-state index in [4.69, 9.17) is 0 Å². The summed E-state index contributed by atoms with van der Waals surface area (Å²) < 4.78 is 0. The molecule has 25 heavy (non-hydrogen) atoms. The van der Waals surface area contributed by atoms with Gasteiger partial charge in [0.05, 0.1) is 5.56 Å². The summed E-state index contributed by atoms with van der Waals surface area (Å²) in [7, 11) is 0. The molecule has 0 saturated carbocycles. The lowest BCUT2D eigenvalue weighted by atomic mass is 9.72. The minimum atomic E-state index is 0.0516. The van der Waals surface area contributed by atoms with Crippen LogP contribution in [0.4, 0.5) is 5.69 Å². The maximum Gasteiger partial charge on any atom is 0.256 e. The van der Waals surface area contributed by atoms with Crippen molar-refractivity contribution in [2.75, 3.05) is 5.32 Å². The molecule has 0 spiro atoms. The highest BCUT2D eigenvalue weighted by Gasteiger charge is 2.31. The summed E-state index contributed by atoms with van der Waals surface area (Å²) in [5.74, 6) is 0.758. The first kappa shape index (κ1) is 18.2. The van der Waals surface area contributed by atoms with Crippen LogP contribution in [0.25, 0.3) is 0 Å². The van der Waals surface area contributed by atoms with Gasteiger partial charge in [0.25, 0.3) is 5.91 Å². The highest BCUT2D eigenvalue weighted by Crippen LogP contribution is 2.40. The zero-order valence-electron chi connectivity index (χ0n) is 16.0. The molecular formula is C22H29NOS. The molecule has 1 aromatic carbocycles. The zero-order valence-corrected chi connectivity index (χ0v) is 16.8. The molecule has 1 amide bonds. The van der Waals surface area contributed by atoms with Gasteiger partial charge < -0.3 is 5.32 Å². The van der Waals surface area contributed by atoms with Gasteiger partial charge in [0.2, 0.25) is 0 Å². The fraction of sp³-hybridized carbons (Fsp3) is 0.500. The van der Waals surface area contributed by atoms with E-state index in [1.165, 1.54) is 22.4 Å². The summed E-state index contributed by atoms with van der Waals surface area (Å²) in [5.41, 5.74) is 5.82. The lowest BCUT2D eigenvalue weighted by molar-refractivity contribution is 0.102. The SMILES string of the molecule is CCc1cccc(C)c1NC(=O)c1csc2c1CCC(C(C)(C)C)C2. The van der Waals surface area contributed by atoms with E-state index in [1.807, 2.05) is 0 Å². The third kappa shape index (κ3) is 3.67. The molecule has 0 saturated heterocycles. The molecule has 0 fully saturated rings. The summed E-state index contributed by atoms with van der Waals surface area (Å²) in [4.78, 5) is 14.4. The van der Waals surface area contributed by atoms with Gasteiger partial charge in [-0.25, -0.2) is 0 Å². The maximum atomic E-state index is 12.9. The average Bonchev–Trinajstić information content (AvgIpc) is 2.99. The normalized spacial score (nSPS) is 17.2. The van der Waals surface area contributed by atoms with Gasteiger partial charge in [-0.3, -0.25) is 4.79 Å². The number of nitrogens with one attached hydrogen (secondary N) is 1. The number of para-hydroxylation sites is 1. The highest BCUT2D eigenvalue weighted by molar-refractivity contribution is 7.10. The molecule has 0 aliphatic heterocycles.